The number of carbonyl (C=O) groups excluding carboxylic acids is 2. The first-order valence-corrected chi connectivity index (χ1v) is 13.3. The van der Waals surface area contributed by atoms with E-state index in [0.717, 1.165) is 34.6 Å². The second-order valence-corrected chi connectivity index (χ2v) is 9.82. The van der Waals surface area contributed by atoms with Gasteiger partial charge in [0.2, 0.25) is 5.78 Å². The van der Waals surface area contributed by atoms with Crippen LogP contribution in [0.1, 0.15) is 45.0 Å². The number of benzene rings is 4. The maximum absolute atomic E-state index is 13.3. The molecule has 6 rings (SSSR count). The zero-order valence-electron chi connectivity index (χ0n) is 22.7. The molecule has 2 aliphatic heterocycles. The average molecular weight is 549 g/mol. The number of Topliss-reactive ketones (excluding diaryl/α,β-unsaturated/α-hetero) is 1. The first kappa shape index (κ1) is 26.2. The number of hydrogen-bond acceptors (Lipinski definition) is 7. The number of rotatable bonds is 8. The number of fused-ring (bicyclic) bond motifs is 3. The van der Waals surface area contributed by atoms with Gasteiger partial charge in [0.05, 0.1) is 32.8 Å². The third kappa shape index (κ3) is 5.39. The molecule has 0 saturated heterocycles. The summed E-state index contributed by atoms with van der Waals surface area (Å²) < 4.78 is 28.3. The molecule has 0 unspecified atom stereocenters. The summed E-state index contributed by atoms with van der Waals surface area (Å²) in [5, 5.41) is 0. The molecule has 0 bridgehead atoms. The van der Waals surface area contributed by atoms with Gasteiger partial charge in [-0.25, -0.2) is 0 Å². The summed E-state index contributed by atoms with van der Waals surface area (Å²) in [6, 6.07) is 26.3. The maximum Gasteiger partial charge on any atom is 0.312 e. The number of methoxy groups -OCH3 is 2. The van der Waals surface area contributed by atoms with Gasteiger partial charge in [-0.05, 0) is 71.3 Å². The van der Waals surface area contributed by atoms with Crippen LogP contribution in [0.4, 0.5) is 0 Å². The van der Waals surface area contributed by atoms with E-state index in [1.165, 1.54) is 0 Å². The predicted molar refractivity (Wildman–Crippen MR) is 153 cm³/mol. The summed E-state index contributed by atoms with van der Waals surface area (Å²) in [5.74, 6) is 2.35. The molecule has 1 atom stereocenters. The molecule has 41 heavy (non-hydrogen) atoms. The van der Waals surface area contributed by atoms with Crippen LogP contribution >= 0.6 is 0 Å². The van der Waals surface area contributed by atoms with Crippen LogP contribution in [-0.4, -0.2) is 32.6 Å². The minimum atomic E-state index is -0.362. The minimum Gasteiger partial charge on any atom is -0.497 e. The Balaban J connectivity index is 1.26. The van der Waals surface area contributed by atoms with E-state index in [2.05, 4.69) is 0 Å². The number of allylic oxidation sites excluding steroid dienone is 1. The van der Waals surface area contributed by atoms with Crippen molar-refractivity contribution in [2.45, 2.75) is 18.8 Å². The fourth-order valence-corrected chi connectivity index (χ4v) is 5.14. The Morgan fingerprint density at radius 3 is 2.29 bits per heavy atom. The normalized spacial score (nSPS) is 16.4. The van der Waals surface area contributed by atoms with Gasteiger partial charge in [0, 0.05) is 17.9 Å². The van der Waals surface area contributed by atoms with Crippen LogP contribution in [0.3, 0.4) is 0 Å². The van der Waals surface area contributed by atoms with Crippen molar-refractivity contribution in [2.75, 3.05) is 20.8 Å². The standard InChI is InChI=1S/C34H28O7/c1-37-24-10-6-21(7-11-24)16-17-39-26-5-3-4-23(19-26)28-20-31(35)40-29-15-14-27-33(36)30(41-34(27)32(28)29)18-22-8-12-25(38-2)13-9-22/h3-15,18-19,28H,16-17,20H2,1-2H3/b30-18-/t28-/m0/s1. The molecular formula is C34H28O7. The highest BCUT2D eigenvalue weighted by atomic mass is 16.5. The van der Waals surface area contributed by atoms with Crippen LogP contribution in [0.5, 0.6) is 28.7 Å². The van der Waals surface area contributed by atoms with Gasteiger partial charge < -0.3 is 23.7 Å². The van der Waals surface area contributed by atoms with Crippen molar-refractivity contribution in [3.05, 3.63) is 119 Å². The lowest BCUT2D eigenvalue weighted by molar-refractivity contribution is -0.135. The van der Waals surface area contributed by atoms with E-state index in [4.69, 9.17) is 23.7 Å². The highest BCUT2D eigenvalue weighted by Crippen LogP contribution is 2.49. The lowest BCUT2D eigenvalue weighted by Gasteiger charge is -2.26. The van der Waals surface area contributed by atoms with Crippen molar-refractivity contribution in [1.82, 2.24) is 0 Å². The van der Waals surface area contributed by atoms with Gasteiger partial charge in [0.1, 0.15) is 28.7 Å². The van der Waals surface area contributed by atoms with Gasteiger partial charge >= 0.3 is 5.97 Å². The fourth-order valence-electron chi connectivity index (χ4n) is 5.14. The van der Waals surface area contributed by atoms with Crippen molar-refractivity contribution < 1.29 is 33.3 Å². The molecule has 2 heterocycles. The third-order valence-electron chi connectivity index (χ3n) is 7.27. The molecule has 206 valence electrons. The summed E-state index contributed by atoms with van der Waals surface area (Å²) in [7, 11) is 3.25. The van der Waals surface area contributed by atoms with Gasteiger partial charge in [-0.2, -0.15) is 0 Å². The highest BCUT2D eigenvalue weighted by Gasteiger charge is 2.38. The van der Waals surface area contributed by atoms with Crippen LogP contribution < -0.4 is 23.7 Å². The second-order valence-electron chi connectivity index (χ2n) is 9.82. The molecule has 0 amide bonds. The van der Waals surface area contributed by atoms with Crippen molar-refractivity contribution in [3.8, 4) is 28.7 Å². The Morgan fingerprint density at radius 1 is 0.829 bits per heavy atom. The molecule has 0 spiro atoms. The molecular weight excluding hydrogens is 520 g/mol. The van der Waals surface area contributed by atoms with Crippen molar-refractivity contribution in [2.24, 2.45) is 0 Å². The Bertz CT molecular complexity index is 1640. The Morgan fingerprint density at radius 2 is 1.56 bits per heavy atom. The number of ether oxygens (including phenoxy) is 5. The molecule has 2 aliphatic rings. The predicted octanol–water partition coefficient (Wildman–Crippen LogP) is 6.38. The van der Waals surface area contributed by atoms with Crippen LogP contribution in [0, 0.1) is 0 Å². The van der Waals surface area contributed by atoms with Crippen molar-refractivity contribution in [1.29, 1.82) is 0 Å². The lowest BCUT2D eigenvalue weighted by Crippen LogP contribution is -2.21. The first-order chi connectivity index (χ1) is 20.0. The Labute approximate surface area is 237 Å². The Hall–Kier alpha value is -5.04. The maximum atomic E-state index is 13.3. The molecule has 0 fully saturated rings. The van der Waals surface area contributed by atoms with Gasteiger partial charge in [0.25, 0.3) is 0 Å². The largest absolute Gasteiger partial charge is 0.497 e. The first-order valence-electron chi connectivity index (χ1n) is 13.3. The van der Waals surface area contributed by atoms with E-state index >= 15 is 0 Å². The summed E-state index contributed by atoms with van der Waals surface area (Å²) in [6.45, 7) is 0.492. The molecule has 0 aliphatic carbocycles. The summed E-state index contributed by atoms with van der Waals surface area (Å²) >= 11 is 0. The zero-order valence-corrected chi connectivity index (χ0v) is 22.7. The fraction of sp³-hybridized carbons (Fsp3) is 0.176. The second kappa shape index (κ2) is 11.2. The van der Waals surface area contributed by atoms with Gasteiger partial charge in [-0.15, -0.1) is 0 Å². The van der Waals surface area contributed by atoms with Crippen LogP contribution in [-0.2, 0) is 11.2 Å². The molecule has 4 aromatic carbocycles. The number of hydrogen-bond donors (Lipinski definition) is 0. The van der Waals surface area contributed by atoms with Crippen molar-refractivity contribution in [3.63, 3.8) is 0 Å². The Kier molecular flexibility index (Phi) is 7.17. The van der Waals surface area contributed by atoms with Crippen LogP contribution in [0.2, 0.25) is 0 Å². The minimum absolute atomic E-state index is 0.119. The van der Waals surface area contributed by atoms with E-state index in [1.807, 2.05) is 72.8 Å². The van der Waals surface area contributed by atoms with E-state index < -0.39 is 0 Å². The summed E-state index contributed by atoms with van der Waals surface area (Å²) in [4.78, 5) is 25.9. The van der Waals surface area contributed by atoms with Gasteiger partial charge in [0.15, 0.2) is 5.76 Å². The quantitative estimate of drug-likeness (QED) is 0.144. The number of esters is 1. The molecule has 7 nitrogen and oxygen atoms in total. The van der Waals surface area contributed by atoms with E-state index in [0.29, 0.717) is 35.0 Å². The molecule has 0 N–H and O–H groups in total. The highest BCUT2D eigenvalue weighted by molar-refractivity contribution is 6.15. The lowest BCUT2D eigenvalue weighted by atomic mass is 9.84. The molecule has 0 radical (unpaired) electrons. The smallest absolute Gasteiger partial charge is 0.312 e. The summed E-state index contributed by atoms with van der Waals surface area (Å²) in [5.41, 5.74) is 3.95. The SMILES string of the molecule is COc1ccc(/C=C2\Oc3c(ccc4c3[C@H](c3cccc(OCCc5ccc(OC)cc5)c3)CC(=O)O4)C2=O)cc1. The molecule has 0 saturated carbocycles. The average Bonchev–Trinajstić information content (AvgIpc) is 3.32. The topological polar surface area (TPSA) is 80.3 Å². The molecule has 0 aromatic heterocycles. The van der Waals surface area contributed by atoms with E-state index in [9.17, 15) is 9.59 Å². The van der Waals surface area contributed by atoms with Crippen LogP contribution in [0.15, 0.2) is 90.7 Å². The molecule has 4 aromatic rings. The van der Waals surface area contributed by atoms with Crippen molar-refractivity contribution >= 4 is 17.8 Å². The van der Waals surface area contributed by atoms with Gasteiger partial charge in [-0.1, -0.05) is 36.4 Å². The van der Waals surface area contributed by atoms with E-state index in [1.54, 1.807) is 32.4 Å². The number of ketones is 1. The number of carbonyl (C=O) groups is 2. The van der Waals surface area contributed by atoms with Gasteiger partial charge in [-0.3, -0.25) is 9.59 Å². The van der Waals surface area contributed by atoms with Crippen LogP contribution in [0.25, 0.3) is 6.08 Å². The zero-order chi connectivity index (χ0) is 28.3. The monoisotopic (exact) mass is 548 g/mol. The van der Waals surface area contributed by atoms with E-state index in [-0.39, 0.29) is 29.9 Å². The summed E-state index contributed by atoms with van der Waals surface area (Å²) in [6.07, 6.45) is 2.56. The molecule has 7 heteroatoms. The third-order valence-corrected chi connectivity index (χ3v) is 7.27.